The van der Waals surface area contributed by atoms with E-state index in [1.807, 2.05) is 0 Å². The zero-order valence-electron chi connectivity index (χ0n) is 7.04. The van der Waals surface area contributed by atoms with Crippen molar-refractivity contribution in [3.05, 3.63) is 0 Å². The number of hydrogen-bond acceptors (Lipinski definition) is 2. The van der Waals surface area contributed by atoms with Crippen LogP contribution in [0.15, 0.2) is 0 Å². The van der Waals surface area contributed by atoms with Gasteiger partial charge in [0, 0.05) is 12.6 Å². The smallest absolute Gasteiger partial charge is 0.0695 e. The van der Waals surface area contributed by atoms with E-state index in [9.17, 15) is 5.11 Å². The van der Waals surface area contributed by atoms with Crippen LogP contribution in [-0.4, -0.2) is 35.7 Å². The van der Waals surface area contributed by atoms with Gasteiger partial charge in [-0.3, -0.25) is 0 Å². The average molecular weight is 143 g/mol. The topological polar surface area (TPSA) is 23.5 Å². The Morgan fingerprint density at radius 2 is 2.00 bits per heavy atom. The molecule has 0 amide bonds. The monoisotopic (exact) mass is 143 g/mol. The van der Waals surface area contributed by atoms with Crippen molar-refractivity contribution < 1.29 is 5.11 Å². The lowest BCUT2D eigenvalue weighted by Crippen LogP contribution is -2.47. The number of aliphatic hydroxyl groups is 1. The number of likely N-dealkylation sites (N-methyl/N-ethyl adjacent to an activating group) is 1. The minimum absolute atomic E-state index is 0.117. The Labute approximate surface area is 62.8 Å². The molecule has 0 unspecified atom stereocenters. The highest BCUT2D eigenvalue weighted by Crippen LogP contribution is 2.19. The lowest BCUT2D eigenvalue weighted by molar-refractivity contribution is 0.0111. The van der Waals surface area contributed by atoms with Crippen LogP contribution in [0.2, 0.25) is 0 Å². The molecule has 0 spiro atoms. The second kappa shape index (κ2) is 2.89. The van der Waals surface area contributed by atoms with Crippen LogP contribution in [-0.2, 0) is 0 Å². The molecule has 2 nitrogen and oxygen atoms in total. The van der Waals surface area contributed by atoms with Crippen LogP contribution in [0.1, 0.15) is 20.3 Å². The largest absolute Gasteiger partial charge is 0.391 e. The molecule has 0 bridgehead atoms. The number of nitrogens with zero attached hydrogens (tertiary/aromatic N) is 1. The van der Waals surface area contributed by atoms with Crippen molar-refractivity contribution in [1.29, 1.82) is 0 Å². The molecule has 1 aliphatic heterocycles. The Kier molecular flexibility index (Phi) is 2.32. The minimum Gasteiger partial charge on any atom is -0.391 e. The van der Waals surface area contributed by atoms with Crippen LogP contribution in [0, 0.1) is 5.92 Å². The van der Waals surface area contributed by atoms with Gasteiger partial charge < -0.3 is 10.0 Å². The number of aliphatic hydroxyl groups excluding tert-OH is 1. The van der Waals surface area contributed by atoms with Crippen molar-refractivity contribution in [2.75, 3.05) is 13.6 Å². The maximum Gasteiger partial charge on any atom is 0.0695 e. The molecule has 1 fully saturated rings. The van der Waals surface area contributed by atoms with E-state index in [4.69, 9.17) is 0 Å². The first-order chi connectivity index (χ1) is 4.61. The molecule has 0 radical (unpaired) electrons. The lowest BCUT2D eigenvalue weighted by atomic mass is 9.93. The van der Waals surface area contributed by atoms with Crippen molar-refractivity contribution in [2.24, 2.45) is 5.92 Å². The molecule has 1 rings (SSSR count). The van der Waals surface area contributed by atoms with Gasteiger partial charge in [0.1, 0.15) is 0 Å². The first kappa shape index (κ1) is 8.02. The van der Waals surface area contributed by atoms with Gasteiger partial charge in [-0.25, -0.2) is 0 Å². The third-order valence-electron chi connectivity index (χ3n) is 2.50. The van der Waals surface area contributed by atoms with Crippen LogP contribution in [0.3, 0.4) is 0 Å². The second-order valence-electron chi connectivity index (χ2n) is 3.59. The average Bonchev–Trinajstić information content (AvgIpc) is 1.82. The van der Waals surface area contributed by atoms with Gasteiger partial charge in [-0.05, 0) is 26.3 Å². The molecule has 1 N–H and O–H groups in total. The van der Waals surface area contributed by atoms with E-state index in [2.05, 4.69) is 25.8 Å². The van der Waals surface area contributed by atoms with E-state index < -0.39 is 0 Å². The van der Waals surface area contributed by atoms with Gasteiger partial charge in [0.05, 0.1) is 6.10 Å². The predicted octanol–water partition coefficient (Wildman–Crippen LogP) is 0.707. The highest BCUT2D eigenvalue weighted by molar-refractivity contribution is 4.81. The molecule has 0 aromatic carbocycles. The van der Waals surface area contributed by atoms with Gasteiger partial charge in [0.15, 0.2) is 0 Å². The zero-order chi connectivity index (χ0) is 7.72. The molecule has 1 aliphatic rings. The van der Waals surface area contributed by atoms with Gasteiger partial charge in [0.2, 0.25) is 0 Å². The van der Waals surface area contributed by atoms with Crippen molar-refractivity contribution in [1.82, 2.24) is 4.90 Å². The molecule has 3 atom stereocenters. The maximum atomic E-state index is 9.48. The quantitative estimate of drug-likeness (QED) is 0.540. The summed E-state index contributed by atoms with van der Waals surface area (Å²) in [5.41, 5.74) is 0. The summed E-state index contributed by atoms with van der Waals surface area (Å²) in [4.78, 5) is 2.22. The summed E-state index contributed by atoms with van der Waals surface area (Å²) >= 11 is 0. The van der Waals surface area contributed by atoms with E-state index in [-0.39, 0.29) is 6.10 Å². The Balaban J connectivity index is 2.49. The fourth-order valence-corrected chi connectivity index (χ4v) is 1.64. The van der Waals surface area contributed by atoms with Crippen LogP contribution in [0.25, 0.3) is 0 Å². The van der Waals surface area contributed by atoms with Crippen LogP contribution >= 0.6 is 0 Å². The molecule has 0 saturated carbocycles. The fraction of sp³-hybridized carbons (Fsp3) is 1.00. The summed E-state index contributed by atoms with van der Waals surface area (Å²) in [5.74, 6) is 0.649. The van der Waals surface area contributed by atoms with E-state index >= 15 is 0 Å². The van der Waals surface area contributed by atoms with Gasteiger partial charge in [0.25, 0.3) is 0 Å². The normalized spacial score (nSPS) is 43.8. The Morgan fingerprint density at radius 3 is 2.50 bits per heavy atom. The van der Waals surface area contributed by atoms with Gasteiger partial charge in [-0.2, -0.15) is 0 Å². The molecule has 1 heterocycles. The number of likely N-dealkylation sites (tertiary alicyclic amines) is 1. The molecule has 10 heavy (non-hydrogen) atoms. The molecule has 2 heteroatoms. The number of hydrogen-bond donors (Lipinski definition) is 1. The molecule has 0 aromatic rings. The first-order valence-electron chi connectivity index (χ1n) is 3.99. The third kappa shape index (κ3) is 1.50. The van der Waals surface area contributed by atoms with Crippen LogP contribution in [0.5, 0.6) is 0 Å². The minimum atomic E-state index is -0.117. The molecular formula is C8H17NO. The van der Waals surface area contributed by atoms with E-state index in [0.29, 0.717) is 12.0 Å². The van der Waals surface area contributed by atoms with Gasteiger partial charge in [-0.1, -0.05) is 6.92 Å². The van der Waals surface area contributed by atoms with Crippen LogP contribution in [0.4, 0.5) is 0 Å². The summed E-state index contributed by atoms with van der Waals surface area (Å²) in [6, 6.07) is 0.344. The first-order valence-corrected chi connectivity index (χ1v) is 3.99. The molecule has 1 saturated heterocycles. The standard InChI is InChI=1S/C8H17NO/c1-6-4-8(10)7(2)9(3)5-6/h6-8,10H,4-5H2,1-3H3/t6-,7-,8+/m1/s1. The van der Waals surface area contributed by atoms with Crippen molar-refractivity contribution in [2.45, 2.75) is 32.4 Å². The Morgan fingerprint density at radius 1 is 1.40 bits per heavy atom. The maximum absolute atomic E-state index is 9.48. The highest BCUT2D eigenvalue weighted by atomic mass is 16.3. The molecule has 0 aliphatic carbocycles. The SMILES string of the molecule is C[C@@H]1C[C@H](O)[C@@H](C)N(C)C1. The van der Waals surface area contributed by atoms with Crippen molar-refractivity contribution >= 4 is 0 Å². The fourth-order valence-electron chi connectivity index (χ4n) is 1.64. The van der Waals surface area contributed by atoms with E-state index in [1.54, 1.807) is 0 Å². The summed E-state index contributed by atoms with van der Waals surface area (Å²) in [6.07, 6.45) is 0.847. The third-order valence-corrected chi connectivity index (χ3v) is 2.50. The summed E-state index contributed by atoms with van der Waals surface area (Å²) in [7, 11) is 2.07. The van der Waals surface area contributed by atoms with Crippen molar-refractivity contribution in [3.63, 3.8) is 0 Å². The summed E-state index contributed by atoms with van der Waals surface area (Å²) in [6.45, 7) is 5.39. The second-order valence-corrected chi connectivity index (χ2v) is 3.59. The Hall–Kier alpha value is -0.0800. The van der Waals surface area contributed by atoms with E-state index in [0.717, 1.165) is 13.0 Å². The van der Waals surface area contributed by atoms with Gasteiger partial charge in [-0.15, -0.1) is 0 Å². The highest BCUT2D eigenvalue weighted by Gasteiger charge is 2.27. The lowest BCUT2D eigenvalue weighted by Gasteiger charge is -2.37. The number of piperidine rings is 1. The zero-order valence-corrected chi connectivity index (χ0v) is 7.04. The Bertz CT molecular complexity index is 104. The molecular weight excluding hydrogens is 126 g/mol. The van der Waals surface area contributed by atoms with Crippen molar-refractivity contribution in [3.8, 4) is 0 Å². The summed E-state index contributed by atoms with van der Waals surface area (Å²) in [5, 5.41) is 9.48. The molecule has 60 valence electrons. The molecule has 0 aromatic heterocycles. The summed E-state index contributed by atoms with van der Waals surface area (Å²) < 4.78 is 0. The van der Waals surface area contributed by atoms with Crippen LogP contribution < -0.4 is 0 Å². The van der Waals surface area contributed by atoms with Gasteiger partial charge >= 0.3 is 0 Å². The number of rotatable bonds is 0. The predicted molar refractivity (Wildman–Crippen MR) is 41.9 cm³/mol. The van der Waals surface area contributed by atoms with E-state index in [1.165, 1.54) is 0 Å².